The molecule has 0 amide bonds. The summed E-state index contributed by atoms with van der Waals surface area (Å²) in [6.07, 6.45) is 5.77. The van der Waals surface area contributed by atoms with Crippen LogP contribution in [-0.4, -0.2) is 16.2 Å². The molecule has 0 radical (unpaired) electrons. The van der Waals surface area contributed by atoms with Crippen molar-refractivity contribution in [3.63, 3.8) is 0 Å². The zero-order chi connectivity index (χ0) is 13.9. The molecule has 5 heteroatoms. The fourth-order valence-corrected chi connectivity index (χ4v) is 2.41. The molecule has 3 rings (SSSR count). The molecule has 0 aliphatic heterocycles. The van der Waals surface area contributed by atoms with E-state index < -0.39 is 0 Å². The zero-order valence-electron chi connectivity index (χ0n) is 11.7. The molecule has 0 aliphatic carbocycles. The first kappa shape index (κ1) is 15.3. The van der Waals surface area contributed by atoms with Crippen molar-refractivity contribution in [3.8, 4) is 0 Å². The summed E-state index contributed by atoms with van der Waals surface area (Å²) in [7, 11) is 0. The van der Waals surface area contributed by atoms with E-state index in [4.69, 9.17) is 0 Å². The van der Waals surface area contributed by atoms with Crippen LogP contribution in [0.5, 0.6) is 0 Å². The second-order valence-corrected chi connectivity index (χ2v) is 4.67. The van der Waals surface area contributed by atoms with Gasteiger partial charge in [0.05, 0.1) is 17.4 Å². The fraction of sp³-hybridized carbons (Fsp3) is 0.188. The van der Waals surface area contributed by atoms with Crippen molar-refractivity contribution in [1.29, 1.82) is 0 Å². The third-order valence-corrected chi connectivity index (χ3v) is 3.30. The van der Waals surface area contributed by atoms with Gasteiger partial charge in [-0.1, -0.05) is 25.1 Å². The van der Waals surface area contributed by atoms with Crippen LogP contribution in [0.2, 0.25) is 0 Å². The van der Waals surface area contributed by atoms with E-state index in [1.54, 1.807) is 12.3 Å². The van der Waals surface area contributed by atoms with Gasteiger partial charge in [-0.3, -0.25) is 14.7 Å². The second kappa shape index (κ2) is 6.59. The van der Waals surface area contributed by atoms with Crippen molar-refractivity contribution in [2.45, 2.75) is 13.3 Å². The SMILES string of the molecule is CCCN(c1ccncc1F)n1ccc2ccccc21.Cl. The van der Waals surface area contributed by atoms with Crippen LogP contribution in [0.1, 0.15) is 13.3 Å². The number of hydrogen-bond donors (Lipinski definition) is 0. The molecular weight excluding hydrogens is 289 g/mol. The topological polar surface area (TPSA) is 21.1 Å². The minimum Gasteiger partial charge on any atom is -0.278 e. The Bertz CT molecular complexity index is 726. The summed E-state index contributed by atoms with van der Waals surface area (Å²) in [5, 5.41) is 3.09. The van der Waals surface area contributed by atoms with Gasteiger partial charge in [0, 0.05) is 24.3 Å². The first-order valence-electron chi connectivity index (χ1n) is 6.74. The van der Waals surface area contributed by atoms with Gasteiger partial charge in [-0.25, -0.2) is 4.39 Å². The molecule has 0 saturated heterocycles. The van der Waals surface area contributed by atoms with Crippen LogP contribution in [0.3, 0.4) is 0 Å². The van der Waals surface area contributed by atoms with E-state index in [1.165, 1.54) is 6.20 Å². The van der Waals surface area contributed by atoms with Gasteiger partial charge in [0.1, 0.15) is 0 Å². The minimum atomic E-state index is -0.307. The molecule has 2 heterocycles. The van der Waals surface area contributed by atoms with Crippen molar-refractivity contribution >= 4 is 29.0 Å². The summed E-state index contributed by atoms with van der Waals surface area (Å²) < 4.78 is 16.0. The van der Waals surface area contributed by atoms with Crippen LogP contribution in [0.4, 0.5) is 10.1 Å². The molecule has 0 fully saturated rings. The molecule has 3 nitrogen and oxygen atoms in total. The predicted octanol–water partition coefficient (Wildman–Crippen LogP) is 4.28. The second-order valence-electron chi connectivity index (χ2n) is 4.67. The Hall–Kier alpha value is -2.07. The smallest absolute Gasteiger partial charge is 0.166 e. The lowest BCUT2D eigenvalue weighted by Crippen LogP contribution is -2.30. The molecule has 0 atom stereocenters. The van der Waals surface area contributed by atoms with Crippen molar-refractivity contribution in [1.82, 2.24) is 9.66 Å². The Labute approximate surface area is 129 Å². The Kier molecular flexibility index (Phi) is 4.81. The Morgan fingerprint density at radius 3 is 2.76 bits per heavy atom. The largest absolute Gasteiger partial charge is 0.278 e. The third-order valence-electron chi connectivity index (χ3n) is 3.30. The van der Waals surface area contributed by atoms with E-state index in [2.05, 4.69) is 18.0 Å². The summed E-state index contributed by atoms with van der Waals surface area (Å²) in [5.74, 6) is -0.307. The lowest BCUT2D eigenvalue weighted by molar-refractivity contribution is 0.596. The zero-order valence-corrected chi connectivity index (χ0v) is 12.6. The van der Waals surface area contributed by atoms with Gasteiger partial charge in [-0.2, -0.15) is 0 Å². The number of hydrogen-bond acceptors (Lipinski definition) is 2. The highest BCUT2D eigenvalue weighted by Crippen LogP contribution is 2.23. The molecule has 2 aromatic heterocycles. The predicted molar refractivity (Wildman–Crippen MR) is 86.4 cm³/mol. The number of fused-ring (bicyclic) bond motifs is 1. The van der Waals surface area contributed by atoms with Crippen molar-refractivity contribution in [2.24, 2.45) is 0 Å². The van der Waals surface area contributed by atoms with Crippen molar-refractivity contribution in [2.75, 3.05) is 11.6 Å². The van der Waals surface area contributed by atoms with Crippen molar-refractivity contribution in [3.05, 3.63) is 60.8 Å². The van der Waals surface area contributed by atoms with Gasteiger partial charge in [-0.15, -0.1) is 12.4 Å². The maximum Gasteiger partial charge on any atom is 0.166 e. The van der Waals surface area contributed by atoms with Crippen LogP contribution < -0.4 is 5.01 Å². The highest BCUT2D eigenvalue weighted by Gasteiger charge is 2.14. The maximum atomic E-state index is 14.0. The number of aromatic nitrogens is 2. The van der Waals surface area contributed by atoms with E-state index >= 15 is 0 Å². The summed E-state index contributed by atoms with van der Waals surface area (Å²) in [4.78, 5) is 3.82. The Balaban J connectivity index is 0.00000161. The lowest BCUT2D eigenvalue weighted by Gasteiger charge is -2.26. The van der Waals surface area contributed by atoms with E-state index in [0.717, 1.165) is 23.9 Å². The number of para-hydroxylation sites is 1. The summed E-state index contributed by atoms with van der Waals surface area (Å²) in [5.41, 5.74) is 1.61. The van der Waals surface area contributed by atoms with E-state index in [1.807, 2.05) is 40.1 Å². The average Bonchev–Trinajstić information content (AvgIpc) is 2.90. The minimum absolute atomic E-state index is 0. The molecule has 1 aromatic carbocycles. The quantitative estimate of drug-likeness (QED) is 0.717. The number of halogens is 2. The van der Waals surface area contributed by atoms with Gasteiger partial charge < -0.3 is 0 Å². The maximum absolute atomic E-state index is 14.0. The molecule has 110 valence electrons. The molecule has 0 spiro atoms. The number of benzene rings is 1. The van der Waals surface area contributed by atoms with Crippen LogP contribution in [-0.2, 0) is 0 Å². The van der Waals surface area contributed by atoms with E-state index in [9.17, 15) is 4.39 Å². The number of nitrogens with zero attached hydrogens (tertiary/aromatic N) is 3. The van der Waals surface area contributed by atoms with Crippen LogP contribution in [0.25, 0.3) is 10.9 Å². The number of pyridine rings is 1. The molecular formula is C16H17ClFN3. The standard InChI is InChI=1S/C16H16FN3.ClH/c1-2-10-19(16-7-9-18-12-14(16)17)20-11-8-13-5-3-4-6-15(13)20;/h3-9,11-12H,2,10H2,1H3;1H. The summed E-state index contributed by atoms with van der Waals surface area (Å²) in [6.45, 7) is 2.82. The molecule has 0 saturated carbocycles. The average molecular weight is 306 g/mol. The highest BCUT2D eigenvalue weighted by atomic mass is 35.5. The van der Waals surface area contributed by atoms with Crippen LogP contribution in [0, 0.1) is 5.82 Å². The lowest BCUT2D eigenvalue weighted by atomic mass is 10.2. The van der Waals surface area contributed by atoms with Gasteiger partial charge >= 0.3 is 0 Å². The van der Waals surface area contributed by atoms with Gasteiger partial charge in [0.15, 0.2) is 5.82 Å². The summed E-state index contributed by atoms with van der Waals surface area (Å²) >= 11 is 0. The van der Waals surface area contributed by atoms with E-state index in [-0.39, 0.29) is 18.2 Å². The van der Waals surface area contributed by atoms with Crippen molar-refractivity contribution < 1.29 is 4.39 Å². The number of anilines is 1. The molecule has 0 bridgehead atoms. The summed E-state index contributed by atoms with van der Waals surface area (Å²) in [6, 6.07) is 11.8. The molecule has 0 unspecified atom stereocenters. The monoisotopic (exact) mass is 305 g/mol. The third kappa shape index (κ3) is 2.85. The molecule has 21 heavy (non-hydrogen) atoms. The fourth-order valence-electron chi connectivity index (χ4n) is 2.41. The highest BCUT2D eigenvalue weighted by molar-refractivity contribution is 5.85. The molecule has 0 N–H and O–H groups in total. The van der Waals surface area contributed by atoms with E-state index in [0.29, 0.717) is 5.69 Å². The van der Waals surface area contributed by atoms with Crippen LogP contribution in [0.15, 0.2) is 55.0 Å². The van der Waals surface area contributed by atoms with Gasteiger partial charge in [0.25, 0.3) is 0 Å². The normalized spacial score (nSPS) is 10.4. The Morgan fingerprint density at radius 2 is 2.00 bits per heavy atom. The molecule has 3 aromatic rings. The van der Waals surface area contributed by atoms with Crippen LogP contribution >= 0.6 is 12.4 Å². The Morgan fingerprint density at radius 1 is 1.19 bits per heavy atom. The van der Waals surface area contributed by atoms with Gasteiger partial charge in [0.2, 0.25) is 0 Å². The first-order valence-corrected chi connectivity index (χ1v) is 6.74. The first-order chi connectivity index (χ1) is 9.81. The molecule has 0 aliphatic rings. The number of rotatable bonds is 4. The van der Waals surface area contributed by atoms with Gasteiger partial charge in [-0.05, 0) is 24.6 Å².